The molecule has 2 rings (SSSR count). The molecule has 0 bridgehead atoms. The first-order chi connectivity index (χ1) is 4.79. The molecule has 0 aliphatic carbocycles. The Morgan fingerprint density at radius 2 is 2.08 bits per heavy atom. The summed E-state index contributed by atoms with van der Waals surface area (Å²) in [5.74, 6) is 0.254. The maximum absolute atomic E-state index is 10.4. The van der Waals surface area contributed by atoms with Gasteiger partial charge in [0.1, 0.15) is 5.56 Å². The van der Waals surface area contributed by atoms with E-state index in [9.17, 15) is 4.79 Å². The Kier molecular flexibility index (Phi) is 4.22. The van der Waals surface area contributed by atoms with Gasteiger partial charge in [0, 0.05) is 0 Å². The van der Waals surface area contributed by atoms with Gasteiger partial charge < -0.3 is 15.3 Å². The predicted molar refractivity (Wildman–Crippen MR) is 45.6 cm³/mol. The fraction of sp³-hybridized carbons (Fsp3) is 0. The molecule has 0 radical (unpaired) electrons. The monoisotopic (exact) mass is 244 g/mol. The molecule has 5 heteroatoms. The maximum atomic E-state index is 10.4. The van der Waals surface area contributed by atoms with E-state index in [4.69, 9.17) is 9.84 Å². The zero-order valence-electron chi connectivity index (χ0n) is 5.50. The SMILES string of the molecule is O.O=C(O)c1cccc2c1O2.[SrH2]. The Labute approximate surface area is 106 Å². The third kappa shape index (κ3) is 1.99. The summed E-state index contributed by atoms with van der Waals surface area (Å²) < 4.78 is 4.85. The van der Waals surface area contributed by atoms with Gasteiger partial charge in [-0.15, -0.1) is 0 Å². The van der Waals surface area contributed by atoms with Gasteiger partial charge in [0.25, 0.3) is 0 Å². The van der Waals surface area contributed by atoms with E-state index in [-0.39, 0.29) is 56.5 Å². The summed E-state index contributed by atoms with van der Waals surface area (Å²) in [5, 5.41) is 8.52. The number of ether oxygens (including phenoxy) is 1. The normalized spacial score (nSPS) is 9.67. The van der Waals surface area contributed by atoms with Crippen LogP contribution in [0.15, 0.2) is 18.2 Å². The summed E-state index contributed by atoms with van der Waals surface area (Å²) >= 11 is 0. The molecule has 62 valence electrons. The Hall–Kier alpha value is -0.0695. The van der Waals surface area contributed by atoms with Crippen molar-refractivity contribution in [3.63, 3.8) is 0 Å². The van der Waals surface area contributed by atoms with Crippen LogP contribution in [0.1, 0.15) is 10.4 Å². The van der Waals surface area contributed by atoms with E-state index in [1.165, 1.54) is 6.07 Å². The molecule has 12 heavy (non-hydrogen) atoms. The van der Waals surface area contributed by atoms with Crippen LogP contribution in [0.25, 0.3) is 0 Å². The quantitative estimate of drug-likeness (QED) is 0.554. The minimum absolute atomic E-state index is 0. The molecular weight excluding hydrogens is 236 g/mol. The number of rotatable bonds is 1. The second kappa shape index (κ2) is 4.25. The molecule has 0 fully saturated rings. The van der Waals surface area contributed by atoms with Crippen LogP contribution in [0.3, 0.4) is 0 Å². The summed E-state index contributed by atoms with van der Waals surface area (Å²) in [6.45, 7) is 0. The van der Waals surface area contributed by atoms with E-state index in [1.807, 2.05) is 0 Å². The molecule has 0 amide bonds. The summed E-state index contributed by atoms with van der Waals surface area (Å²) in [5.41, 5.74) is 0.248. The minimum atomic E-state index is -0.936. The van der Waals surface area contributed by atoms with Crippen LogP contribution in [0.4, 0.5) is 0 Å². The van der Waals surface area contributed by atoms with Gasteiger partial charge >= 0.3 is 51.5 Å². The van der Waals surface area contributed by atoms with Crippen LogP contribution in [0, 0.1) is 0 Å². The Morgan fingerprint density at radius 3 is 2.58 bits per heavy atom. The zero-order chi connectivity index (χ0) is 7.14. The van der Waals surface area contributed by atoms with Crippen molar-refractivity contribution in [1.82, 2.24) is 0 Å². The van der Waals surface area contributed by atoms with Crippen molar-refractivity contribution < 1.29 is 20.1 Å². The van der Waals surface area contributed by atoms with Crippen molar-refractivity contribution in [2.24, 2.45) is 0 Å². The van der Waals surface area contributed by atoms with Crippen molar-refractivity contribution in [2.45, 2.75) is 0 Å². The number of carboxylic acid groups (broad SMARTS) is 1. The standard InChI is InChI=1S/C7H4O3.H2O.Sr.2H/c8-7(9)4-2-1-3-5-6(4)10-5;;;;/h1-3H,(H,8,9);1H2;;;. The van der Waals surface area contributed by atoms with Gasteiger partial charge in [-0.3, -0.25) is 0 Å². The molecule has 1 heterocycles. The molecule has 0 unspecified atom stereocenters. The van der Waals surface area contributed by atoms with E-state index in [0.29, 0.717) is 11.5 Å². The number of hydrogen-bond donors (Lipinski definition) is 1. The van der Waals surface area contributed by atoms with Gasteiger partial charge in [-0.05, 0) is 12.1 Å². The van der Waals surface area contributed by atoms with Crippen molar-refractivity contribution in [3.05, 3.63) is 23.8 Å². The number of benzene rings is 1. The summed E-state index contributed by atoms with van der Waals surface area (Å²) in [6.07, 6.45) is 0. The molecule has 0 saturated carbocycles. The van der Waals surface area contributed by atoms with Crippen LogP contribution in [0.5, 0.6) is 11.5 Å². The molecule has 0 spiro atoms. The molecule has 1 aliphatic heterocycles. The second-order valence-electron chi connectivity index (χ2n) is 2.04. The van der Waals surface area contributed by atoms with Crippen LogP contribution in [-0.4, -0.2) is 62.0 Å². The van der Waals surface area contributed by atoms with E-state index < -0.39 is 5.97 Å². The number of para-hydroxylation sites is 1. The Balaban J connectivity index is 0.000000605. The third-order valence-corrected chi connectivity index (χ3v) is 1.38. The topological polar surface area (TPSA) is 81.3 Å². The fourth-order valence-electron chi connectivity index (χ4n) is 0.858. The molecule has 1 aliphatic rings. The fourth-order valence-corrected chi connectivity index (χ4v) is 0.858. The predicted octanol–water partition coefficient (Wildman–Crippen LogP) is -0.250. The Morgan fingerprint density at radius 1 is 1.42 bits per heavy atom. The number of aromatic carboxylic acids is 1. The average Bonchev–Trinajstić information content (AvgIpc) is 2.63. The van der Waals surface area contributed by atoms with Gasteiger partial charge in [-0.25, -0.2) is 4.79 Å². The van der Waals surface area contributed by atoms with Crippen LogP contribution >= 0.6 is 0 Å². The van der Waals surface area contributed by atoms with Crippen LogP contribution in [0.2, 0.25) is 0 Å². The number of hydrogen-bond acceptors (Lipinski definition) is 2. The van der Waals surface area contributed by atoms with Gasteiger partial charge in [0.05, 0.1) is 0 Å². The molecule has 1 aromatic carbocycles. The summed E-state index contributed by atoms with van der Waals surface area (Å²) in [6, 6.07) is 4.92. The molecule has 4 nitrogen and oxygen atoms in total. The summed E-state index contributed by atoms with van der Waals surface area (Å²) in [7, 11) is 0. The molecule has 1 aromatic rings. The van der Waals surface area contributed by atoms with Gasteiger partial charge in [-0.1, -0.05) is 6.07 Å². The number of carbonyl (C=O) groups is 1. The van der Waals surface area contributed by atoms with Crippen molar-refractivity contribution in [2.75, 3.05) is 0 Å². The van der Waals surface area contributed by atoms with Crippen LogP contribution in [-0.2, 0) is 0 Å². The Bertz CT molecular complexity index is 310. The van der Waals surface area contributed by atoms with E-state index in [0.717, 1.165) is 0 Å². The number of fused-ring (bicyclic) bond motifs is 1. The van der Waals surface area contributed by atoms with Gasteiger partial charge in [0.15, 0.2) is 11.5 Å². The molecular formula is C7H8O4Sr. The second-order valence-corrected chi connectivity index (χ2v) is 2.04. The third-order valence-electron chi connectivity index (χ3n) is 1.38. The van der Waals surface area contributed by atoms with Crippen molar-refractivity contribution in [3.8, 4) is 11.5 Å². The van der Waals surface area contributed by atoms with Crippen molar-refractivity contribution in [1.29, 1.82) is 0 Å². The van der Waals surface area contributed by atoms with E-state index in [1.54, 1.807) is 12.1 Å². The van der Waals surface area contributed by atoms with Gasteiger partial charge in [0.2, 0.25) is 0 Å². The summed E-state index contributed by atoms with van der Waals surface area (Å²) in [4.78, 5) is 10.4. The van der Waals surface area contributed by atoms with E-state index in [2.05, 4.69) is 0 Å². The number of carboxylic acids is 1. The zero-order valence-corrected chi connectivity index (χ0v) is 5.50. The van der Waals surface area contributed by atoms with Crippen molar-refractivity contribution >= 4 is 51.5 Å². The first-order valence-electron chi connectivity index (χ1n) is 2.83. The van der Waals surface area contributed by atoms with Crippen LogP contribution < -0.4 is 4.74 Å². The molecule has 0 aromatic heterocycles. The molecule has 3 N–H and O–H groups in total. The first kappa shape index (κ1) is 11.9. The van der Waals surface area contributed by atoms with Gasteiger partial charge in [-0.2, -0.15) is 0 Å². The van der Waals surface area contributed by atoms with E-state index >= 15 is 0 Å². The average molecular weight is 244 g/mol. The first-order valence-corrected chi connectivity index (χ1v) is 2.83. The molecule has 0 saturated heterocycles. The molecule has 0 atom stereocenters.